The first-order valence-corrected chi connectivity index (χ1v) is 7.81. The van der Waals surface area contributed by atoms with Gasteiger partial charge in [-0.2, -0.15) is 0 Å². The Morgan fingerprint density at radius 3 is 2.84 bits per heavy atom. The molecule has 0 unspecified atom stereocenters. The molecule has 1 aromatic heterocycles. The van der Waals surface area contributed by atoms with E-state index in [0.717, 1.165) is 17.1 Å². The molecule has 2 fully saturated rings. The van der Waals surface area contributed by atoms with E-state index in [2.05, 4.69) is 4.98 Å². The Balaban J connectivity index is 1.70. The molecule has 3 rings (SSSR count). The van der Waals surface area contributed by atoms with Crippen LogP contribution in [-0.2, 0) is 9.47 Å². The molecule has 0 N–H and O–H groups in total. The summed E-state index contributed by atoms with van der Waals surface area (Å²) < 4.78 is 10.7. The molecule has 2 aliphatic rings. The van der Waals surface area contributed by atoms with Gasteiger partial charge in [-0.25, -0.2) is 9.78 Å². The van der Waals surface area contributed by atoms with E-state index in [0.29, 0.717) is 24.0 Å². The summed E-state index contributed by atoms with van der Waals surface area (Å²) in [5, 5.41) is 1.12. The molecular formula is C14H19NO3S. The maximum Gasteiger partial charge on any atom is 0.350 e. The van der Waals surface area contributed by atoms with Gasteiger partial charge >= 0.3 is 5.97 Å². The third-order valence-corrected chi connectivity index (χ3v) is 5.16. The lowest BCUT2D eigenvalue weighted by molar-refractivity contribution is 0.0275. The zero-order valence-corrected chi connectivity index (χ0v) is 12.0. The van der Waals surface area contributed by atoms with Gasteiger partial charge in [0.1, 0.15) is 11.0 Å². The summed E-state index contributed by atoms with van der Waals surface area (Å²) in [6.07, 6.45) is 5.70. The molecule has 2 heterocycles. The van der Waals surface area contributed by atoms with Gasteiger partial charge in [0.2, 0.25) is 0 Å². The maximum absolute atomic E-state index is 12.1. The zero-order chi connectivity index (χ0) is 13.2. The summed E-state index contributed by atoms with van der Waals surface area (Å²) in [6.45, 7) is 3.11. The highest BCUT2D eigenvalue weighted by Crippen LogP contribution is 2.37. The second-order valence-electron chi connectivity index (χ2n) is 5.34. The van der Waals surface area contributed by atoms with Gasteiger partial charge in [-0.15, -0.1) is 11.3 Å². The number of hydrogen-bond donors (Lipinski definition) is 0. The Bertz CT molecular complexity index is 459. The lowest BCUT2D eigenvalue weighted by Crippen LogP contribution is -2.17. The van der Waals surface area contributed by atoms with Crippen LogP contribution in [0.1, 0.15) is 58.4 Å². The summed E-state index contributed by atoms with van der Waals surface area (Å²) in [4.78, 5) is 17.4. The predicted molar refractivity (Wildman–Crippen MR) is 72.7 cm³/mol. The number of rotatable bonds is 3. The lowest BCUT2D eigenvalue weighted by atomic mass is 10.1. The van der Waals surface area contributed by atoms with Crippen molar-refractivity contribution >= 4 is 17.3 Å². The summed E-state index contributed by atoms with van der Waals surface area (Å²) in [6, 6.07) is 0. The van der Waals surface area contributed by atoms with Crippen LogP contribution in [0.3, 0.4) is 0 Å². The fourth-order valence-corrected chi connectivity index (χ4v) is 3.88. The molecule has 0 aromatic carbocycles. The Morgan fingerprint density at radius 1 is 1.37 bits per heavy atom. The minimum absolute atomic E-state index is 0.0797. The van der Waals surface area contributed by atoms with E-state index in [9.17, 15) is 4.79 Å². The van der Waals surface area contributed by atoms with E-state index in [1.54, 1.807) is 0 Å². The quantitative estimate of drug-likeness (QED) is 0.799. The number of ether oxygens (including phenoxy) is 2. The molecule has 1 saturated carbocycles. The highest BCUT2D eigenvalue weighted by Gasteiger charge is 2.26. The van der Waals surface area contributed by atoms with Crippen molar-refractivity contribution in [1.82, 2.24) is 4.98 Å². The molecule has 0 radical (unpaired) electrons. The van der Waals surface area contributed by atoms with Gasteiger partial charge in [-0.05, 0) is 19.8 Å². The number of esters is 1. The van der Waals surface area contributed by atoms with Crippen molar-refractivity contribution in [2.75, 3.05) is 13.2 Å². The number of carbonyl (C=O) groups excluding carboxylic acids is 1. The minimum Gasteiger partial charge on any atom is -0.456 e. The second-order valence-corrected chi connectivity index (χ2v) is 6.37. The van der Waals surface area contributed by atoms with Gasteiger partial charge in [-0.1, -0.05) is 12.8 Å². The molecule has 1 saturated heterocycles. The van der Waals surface area contributed by atoms with Crippen LogP contribution in [0.4, 0.5) is 0 Å². The average molecular weight is 281 g/mol. The molecule has 0 amide bonds. The van der Waals surface area contributed by atoms with Crippen LogP contribution in [0.2, 0.25) is 0 Å². The van der Waals surface area contributed by atoms with Crippen molar-refractivity contribution < 1.29 is 14.3 Å². The molecule has 0 spiro atoms. The Morgan fingerprint density at radius 2 is 2.16 bits per heavy atom. The molecule has 1 aromatic rings. The molecule has 19 heavy (non-hydrogen) atoms. The van der Waals surface area contributed by atoms with Crippen molar-refractivity contribution in [3.63, 3.8) is 0 Å². The van der Waals surface area contributed by atoms with Crippen LogP contribution in [-0.4, -0.2) is 30.3 Å². The normalized spacial score (nSPS) is 23.9. The average Bonchev–Trinajstić information content (AvgIpc) is 3.07. The van der Waals surface area contributed by atoms with Crippen LogP contribution in [0, 0.1) is 6.92 Å². The van der Waals surface area contributed by atoms with E-state index in [1.165, 1.54) is 37.0 Å². The first kappa shape index (κ1) is 13.1. The summed E-state index contributed by atoms with van der Waals surface area (Å²) in [5.74, 6) is 0.329. The first-order valence-electron chi connectivity index (χ1n) is 7.00. The van der Waals surface area contributed by atoms with Gasteiger partial charge < -0.3 is 9.47 Å². The topological polar surface area (TPSA) is 48.4 Å². The third kappa shape index (κ3) is 2.82. The van der Waals surface area contributed by atoms with Crippen LogP contribution in [0.25, 0.3) is 0 Å². The van der Waals surface area contributed by atoms with Gasteiger partial charge in [0.15, 0.2) is 0 Å². The number of thiazole rings is 1. The number of aromatic nitrogens is 1. The molecule has 5 heteroatoms. The van der Waals surface area contributed by atoms with Crippen LogP contribution < -0.4 is 0 Å². The van der Waals surface area contributed by atoms with Crippen molar-refractivity contribution in [2.45, 2.75) is 51.0 Å². The highest BCUT2D eigenvalue weighted by molar-refractivity contribution is 7.13. The number of nitrogens with zero attached hydrogens (tertiary/aromatic N) is 1. The summed E-state index contributed by atoms with van der Waals surface area (Å²) in [5.41, 5.74) is 0.816. The van der Waals surface area contributed by atoms with Crippen molar-refractivity contribution in [3.05, 3.63) is 15.6 Å². The Kier molecular flexibility index (Phi) is 3.84. The second kappa shape index (κ2) is 5.59. The van der Waals surface area contributed by atoms with Crippen molar-refractivity contribution in [1.29, 1.82) is 0 Å². The molecule has 1 atom stereocenters. The molecule has 1 aliphatic heterocycles. The van der Waals surface area contributed by atoms with E-state index in [4.69, 9.17) is 9.47 Å². The fourth-order valence-electron chi connectivity index (χ4n) is 2.76. The summed E-state index contributed by atoms with van der Waals surface area (Å²) >= 11 is 1.52. The van der Waals surface area contributed by atoms with E-state index in [-0.39, 0.29) is 12.1 Å². The third-order valence-electron chi connectivity index (χ3n) is 3.86. The minimum atomic E-state index is -0.227. The van der Waals surface area contributed by atoms with Gasteiger partial charge in [0, 0.05) is 12.3 Å². The lowest BCUT2D eigenvalue weighted by Gasteiger charge is -2.08. The van der Waals surface area contributed by atoms with E-state index >= 15 is 0 Å². The standard InChI is InChI=1S/C14H19NO3S/c1-9-12(14(16)18-11-6-7-17-8-11)19-13(15-9)10-4-2-3-5-10/h10-11H,2-8H2,1H3/t11-/m1/s1. The fraction of sp³-hybridized carbons (Fsp3) is 0.714. The van der Waals surface area contributed by atoms with E-state index < -0.39 is 0 Å². The molecule has 104 valence electrons. The maximum atomic E-state index is 12.1. The molecular weight excluding hydrogens is 262 g/mol. The number of carbonyl (C=O) groups is 1. The molecule has 1 aliphatic carbocycles. The Hall–Kier alpha value is -0.940. The van der Waals surface area contributed by atoms with E-state index in [1.807, 2.05) is 6.92 Å². The van der Waals surface area contributed by atoms with Crippen molar-refractivity contribution in [2.24, 2.45) is 0 Å². The largest absolute Gasteiger partial charge is 0.456 e. The molecule has 0 bridgehead atoms. The smallest absolute Gasteiger partial charge is 0.350 e. The van der Waals surface area contributed by atoms with Crippen LogP contribution in [0.5, 0.6) is 0 Å². The monoisotopic (exact) mass is 281 g/mol. The number of hydrogen-bond acceptors (Lipinski definition) is 5. The molecule has 4 nitrogen and oxygen atoms in total. The van der Waals surface area contributed by atoms with Crippen LogP contribution >= 0.6 is 11.3 Å². The predicted octanol–water partition coefficient (Wildman–Crippen LogP) is 3.05. The Labute approximate surface area is 117 Å². The van der Waals surface area contributed by atoms with Crippen molar-refractivity contribution in [3.8, 4) is 0 Å². The highest BCUT2D eigenvalue weighted by atomic mass is 32.1. The van der Waals surface area contributed by atoms with Gasteiger partial charge in [-0.3, -0.25) is 0 Å². The van der Waals surface area contributed by atoms with Crippen LogP contribution in [0.15, 0.2) is 0 Å². The first-order chi connectivity index (χ1) is 9.24. The zero-order valence-electron chi connectivity index (χ0n) is 11.2. The van der Waals surface area contributed by atoms with Gasteiger partial charge in [0.05, 0.1) is 23.9 Å². The SMILES string of the molecule is Cc1nc(C2CCCC2)sc1C(=O)O[C@@H]1CCOC1. The number of aryl methyl sites for hydroxylation is 1. The summed E-state index contributed by atoms with van der Waals surface area (Å²) in [7, 11) is 0. The van der Waals surface area contributed by atoms with Gasteiger partial charge in [0.25, 0.3) is 0 Å².